The zero-order chi connectivity index (χ0) is 10.8. The molecule has 1 aromatic rings. The Hall–Kier alpha value is -0.830. The number of sulfone groups is 1. The fourth-order valence-electron chi connectivity index (χ4n) is 1.21. The van der Waals surface area contributed by atoms with E-state index >= 15 is 0 Å². The molecule has 1 aromatic carbocycles. The van der Waals surface area contributed by atoms with Crippen LogP contribution in [0.5, 0.6) is 0 Å². The smallest absolute Gasteiger partial charge is 0.178 e. The van der Waals surface area contributed by atoms with Gasteiger partial charge in [-0.2, -0.15) is 0 Å². The monoisotopic (exact) mass is 211 g/mol. The van der Waals surface area contributed by atoms with E-state index in [-0.39, 0.29) is 5.75 Å². The van der Waals surface area contributed by atoms with Crippen LogP contribution in [0.15, 0.2) is 29.2 Å². The van der Waals surface area contributed by atoms with Crippen LogP contribution in [-0.2, 0) is 9.84 Å². The first kappa shape index (κ1) is 11.2. The SMILES string of the molecule is C[C](C)CS(=O)(=O)c1ccc(C)cc1. The fourth-order valence-corrected chi connectivity index (χ4v) is 2.69. The molecule has 0 saturated heterocycles. The van der Waals surface area contributed by atoms with Crippen molar-refractivity contribution in [2.75, 3.05) is 5.75 Å². The summed E-state index contributed by atoms with van der Waals surface area (Å²) in [6.45, 7) is 5.59. The highest BCUT2D eigenvalue weighted by molar-refractivity contribution is 7.91. The first-order valence-corrected chi connectivity index (χ1v) is 6.15. The predicted molar refractivity (Wildman–Crippen MR) is 57.8 cm³/mol. The van der Waals surface area contributed by atoms with Gasteiger partial charge in [0, 0.05) is 0 Å². The predicted octanol–water partition coefficient (Wildman–Crippen LogP) is 2.38. The number of benzene rings is 1. The van der Waals surface area contributed by atoms with E-state index in [0.29, 0.717) is 4.90 Å². The summed E-state index contributed by atoms with van der Waals surface area (Å²) >= 11 is 0. The van der Waals surface area contributed by atoms with E-state index in [9.17, 15) is 8.42 Å². The van der Waals surface area contributed by atoms with Gasteiger partial charge in [-0.15, -0.1) is 0 Å². The van der Waals surface area contributed by atoms with Crippen molar-refractivity contribution in [1.29, 1.82) is 0 Å². The fraction of sp³-hybridized carbons (Fsp3) is 0.364. The van der Waals surface area contributed by atoms with Crippen molar-refractivity contribution in [3.63, 3.8) is 0 Å². The van der Waals surface area contributed by atoms with Crippen LogP contribution < -0.4 is 0 Å². The lowest BCUT2D eigenvalue weighted by atomic mass is 10.2. The summed E-state index contributed by atoms with van der Waals surface area (Å²) in [6, 6.07) is 6.96. The summed E-state index contributed by atoms with van der Waals surface area (Å²) in [4.78, 5) is 0.407. The molecule has 0 N–H and O–H groups in total. The van der Waals surface area contributed by atoms with Gasteiger partial charge in [-0.05, 0) is 25.0 Å². The van der Waals surface area contributed by atoms with Crippen LogP contribution in [0, 0.1) is 12.8 Å². The van der Waals surface area contributed by atoms with Gasteiger partial charge < -0.3 is 0 Å². The number of rotatable bonds is 3. The van der Waals surface area contributed by atoms with Gasteiger partial charge in [-0.1, -0.05) is 31.5 Å². The second kappa shape index (κ2) is 4.13. The van der Waals surface area contributed by atoms with Crippen molar-refractivity contribution >= 4 is 9.84 Å². The van der Waals surface area contributed by atoms with Gasteiger partial charge in [0.15, 0.2) is 9.84 Å². The van der Waals surface area contributed by atoms with Gasteiger partial charge in [0.1, 0.15) is 0 Å². The third kappa shape index (κ3) is 2.84. The summed E-state index contributed by atoms with van der Waals surface area (Å²) in [7, 11) is -3.11. The lowest BCUT2D eigenvalue weighted by Crippen LogP contribution is -2.10. The maximum atomic E-state index is 11.7. The number of hydrogen-bond acceptors (Lipinski definition) is 2. The Bertz CT molecular complexity index is 388. The molecule has 14 heavy (non-hydrogen) atoms. The summed E-state index contributed by atoms with van der Waals surface area (Å²) in [5.41, 5.74) is 1.07. The van der Waals surface area contributed by atoms with E-state index in [1.807, 2.05) is 32.9 Å². The summed E-state index contributed by atoms with van der Waals surface area (Å²) < 4.78 is 23.5. The largest absolute Gasteiger partial charge is 0.224 e. The van der Waals surface area contributed by atoms with Crippen molar-refractivity contribution in [3.05, 3.63) is 35.7 Å². The maximum Gasteiger partial charge on any atom is 0.178 e. The second-order valence-electron chi connectivity index (χ2n) is 3.78. The van der Waals surface area contributed by atoms with E-state index in [1.54, 1.807) is 12.1 Å². The third-order valence-electron chi connectivity index (χ3n) is 1.86. The van der Waals surface area contributed by atoms with Crippen molar-refractivity contribution in [3.8, 4) is 0 Å². The minimum absolute atomic E-state index is 0.135. The van der Waals surface area contributed by atoms with Gasteiger partial charge in [0.25, 0.3) is 0 Å². The quantitative estimate of drug-likeness (QED) is 0.769. The van der Waals surface area contributed by atoms with E-state index < -0.39 is 9.84 Å². The molecular formula is C11H15O2S. The van der Waals surface area contributed by atoms with E-state index in [1.165, 1.54) is 0 Å². The van der Waals surface area contributed by atoms with Crippen LogP contribution in [0.2, 0.25) is 0 Å². The van der Waals surface area contributed by atoms with Crippen molar-refractivity contribution in [1.82, 2.24) is 0 Å². The molecule has 0 fully saturated rings. The van der Waals surface area contributed by atoms with Crippen LogP contribution in [0.4, 0.5) is 0 Å². The van der Waals surface area contributed by atoms with Gasteiger partial charge in [-0.25, -0.2) is 8.42 Å². The Morgan fingerprint density at radius 1 is 1.14 bits per heavy atom. The molecule has 0 atom stereocenters. The Morgan fingerprint density at radius 3 is 2.07 bits per heavy atom. The van der Waals surface area contributed by atoms with Crippen LogP contribution in [0.3, 0.4) is 0 Å². The van der Waals surface area contributed by atoms with Crippen LogP contribution in [0.25, 0.3) is 0 Å². The van der Waals surface area contributed by atoms with Gasteiger partial charge >= 0.3 is 0 Å². The van der Waals surface area contributed by atoms with E-state index in [2.05, 4.69) is 0 Å². The molecule has 77 valence electrons. The van der Waals surface area contributed by atoms with Crippen LogP contribution >= 0.6 is 0 Å². The molecule has 0 bridgehead atoms. The number of hydrogen-bond donors (Lipinski definition) is 0. The second-order valence-corrected chi connectivity index (χ2v) is 5.77. The van der Waals surface area contributed by atoms with Crippen LogP contribution in [-0.4, -0.2) is 14.2 Å². The minimum Gasteiger partial charge on any atom is -0.224 e. The zero-order valence-electron chi connectivity index (χ0n) is 8.74. The molecular weight excluding hydrogens is 196 g/mol. The molecule has 0 spiro atoms. The summed E-state index contributed by atoms with van der Waals surface area (Å²) in [6.07, 6.45) is 0. The topological polar surface area (TPSA) is 34.1 Å². The lowest BCUT2D eigenvalue weighted by molar-refractivity contribution is 0.596. The molecule has 0 aliphatic rings. The molecule has 1 rings (SSSR count). The Kier molecular flexibility index (Phi) is 3.32. The molecule has 3 heteroatoms. The lowest BCUT2D eigenvalue weighted by Gasteiger charge is -2.06. The standard InChI is InChI=1S/C11H15O2S/c1-9(2)8-14(12,13)11-6-4-10(3)5-7-11/h4-7H,8H2,1-3H3. The first-order chi connectivity index (χ1) is 6.42. The van der Waals surface area contributed by atoms with Gasteiger partial charge in [0.2, 0.25) is 0 Å². The minimum atomic E-state index is -3.11. The third-order valence-corrected chi connectivity index (χ3v) is 3.81. The maximum absolute atomic E-state index is 11.7. The zero-order valence-corrected chi connectivity index (χ0v) is 9.56. The summed E-state index contributed by atoms with van der Waals surface area (Å²) in [5.74, 6) is 1.04. The van der Waals surface area contributed by atoms with Gasteiger partial charge in [0.05, 0.1) is 10.6 Å². The number of aryl methyl sites for hydroxylation is 1. The van der Waals surface area contributed by atoms with Crippen molar-refractivity contribution < 1.29 is 8.42 Å². The Labute approximate surface area is 85.9 Å². The molecule has 0 aromatic heterocycles. The molecule has 0 aliphatic heterocycles. The highest BCUT2D eigenvalue weighted by Crippen LogP contribution is 2.15. The van der Waals surface area contributed by atoms with Crippen molar-refractivity contribution in [2.24, 2.45) is 0 Å². The molecule has 0 saturated carbocycles. The summed E-state index contributed by atoms with van der Waals surface area (Å²) in [5, 5.41) is 0. The molecule has 2 nitrogen and oxygen atoms in total. The average molecular weight is 211 g/mol. The van der Waals surface area contributed by atoms with E-state index in [4.69, 9.17) is 0 Å². The van der Waals surface area contributed by atoms with Crippen LogP contribution in [0.1, 0.15) is 19.4 Å². The van der Waals surface area contributed by atoms with E-state index in [0.717, 1.165) is 11.5 Å². The Morgan fingerprint density at radius 2 is 1.64 bits per heavy atom. The average Bonchev–Trinajstić information content (AvgIpc) is 2.02. The van der Waals surface area contributed by atoms with Gasteiger partial charge in [-0.3, -0.25) is 0 Å². The first-order valence-electron chi connectivity index (χ1n) is 4.50. The molecule has 0 unspecified atom stereocenters. The molecule has 0 amide bonds. The molecule has 1 radical (unpaired) electrons. The highest BCUT2D eigenvalue weighted by Gasteiger charge is 2.15. The molecule has 0 heterocycles. The highest BCUT2D eigenvalue weighted by atomic mass is 32.2. The van der Waals surface area contributed by atoms with Crippen molar-refractivity contribution in [2.45, 2.75) is 25.7 Å². The Balaban J connectivity index is 2.99. The molecule has 0 aliphatic carbocycles. The normalized spacial score (nSPS) is 12.0.